The zero-order valence-corrected chi connectivity index (χ0v) is 22.1. The number of anilines is 1. The second-order valence-electron chi connectivity index (χ2n) is 9.84. The summed E-state index contributed by atoms with van der Waals surface area (Å²) < 4.78 is 54.3. The number of nitrogens with one attached hydrogen (secondary N) is 2. The lowest BCUT2D eigenvalue weighted by Crippen LogP contribution is -2.41. The molecule has 16 heteroatoms. The van der Waals surface area contributed by atoms with Gasteiger partial charge in [0.05, 0.1) is 23.5 Å². The third-order valence-corrected chi connectivity index (χ3v) is 5.36. The molecule has 0 atom stereocenters. The van der Waals surface area contributed by atoms with Crippen LogP contribution in [-0.2, 0) is 12.7 Å². The molecule has 12 nitrogen and oxygen atoms in total. The smallest absolute Gasteiger partial charge is 0.347 e. The van der Waals surface area contributed by atoms with E-state index in [4.69, 9.17) is 6.57 Å². The molecule has 2 amide bonds. The fourth-order valence-corrected chi connectivity index (χ4v) is 3.70. The van der Waals surface area contributed by atoms with Crippen molar-refractivity contribution in [1.29, 1.82) is 0 Å². The Bertz CT molecular complexity index is 1680. The fraction of sp³-hybridized carbons (Fsp3) is 0.280. The van der Waals surface area contributed by atoms with Crippen molar-refractivity contribution < 1.29 is 27.2 Å². The normalized spacial score (nSPS) is 11.7. The molecule has 1 aromatic carbocycles. The van der Waals surface area contributed by atoms with Crippen LogP contribution in [0.3, 0.4) is 0 Å². The van der Waals surface area contributed by atoms with Gasteiger partial charge in [0.1, 0.15) is 12.2 Å². The monoisotopic (exact) mass is 570 g/mol. The van der Waals surface area contributed by atoms with Gasteiger partial charge in [-0.15, -0.1) is 10.2 Å². The number of halogens is 4. The van der Waals surface area contributed by atoms with Gasteiger partial charge in [-0.05, 0) is 62.7 Å². The van der Waals surface area contributed by atoms with Crippen LogP contribution in [0.15, 0.2) is 36.5 Å². The van der Waals surface area contributed by atoms with E-state index in [9.17, 15) is 27.2 Å². The first-order valence-electron chi connectivity index (χ1n) is 11.9. The number of tetrazole rings is 1. The molecule has 3 heterocycles. The van der Waals surface area contributed by atoms with Crippen LogP contribution in [0, 0.1) is 19.3 Å². The second-order valence-corrected chi connectivity index (χ2v) is 9.84. The van der Waals surface area contributed by atoms with Crippen LogP contribution in [0.4, 0.5) is 28.9 Å². The highest BCUT2D eigenvalue weighted by molar-refractivity contribution is 6.10. The van der Waals surface area contributed by atoms with Gasteiger partial charge in [0, 0.05) is 11.7 Å². The summed E-state index contributed by atoms with van der Waals surface area (Å²) in [6.07, 6.45) is -3.56. The van der Waals surface area contributed by atoms with E-state index in [1.54, 1.807) is 27.7 Å². The van der Waals surface area contributed by atoms with Gasteiger partial charge in [-0.3, -0.25) is 9.59 Å². The Morgan fingerprint density at radius 2 is 1.83 bits per heavy atom. The van der Waals surface area contributed by atoms with Crippen LogP contribution in [0.2, 0.25) is 0 Å². The van der Waals surface area contributed by atoms with Crippen LogP contribution in [0.1, 0.15) is 58.7 Å². The molecule has 0 aliphatic carbocycles. The molecule has 3 aromatic heterocycles. The van der Waals surface area contributed by atoms with Crippen molar-refractivity contribution in [3.63, 3.8) is 0 Å². The lowest BCUT2D eigenvalue weighted by Gasteiger charge is -2.22. The van der Waals surface area contributed by atoms with Gasteiger partial charge >= 0.3 is 6.18 Å². The van der Waals surface area contributed by atoms with E-state index in [0.717, 1.165) is 10.7 Å². The first kappa shape index (κ1) is 28.8. The van der Waals surface area contributed by atoms with Gasteiger partial charge in [-0.1, -0.05) is 6.07 Å². The maximum atomic E-state index is 14.7. The molecule has 41 heavy (non-hydrogen) atoms. The van der Waals surface area contributed by atoms with E-state index in [1.165, 1.54) is 30.5 Å². The van der Waals surface area contributed by atoms with Gasteiger partial charge in [-0.2, -0.15) is 23.1 Å². The van der Waals surface area contributed by atoms with Gasteiger partial charge in [0.25, 0.3) is 17.6 Å². The SMILES string of the molecule is [C-]#[N+]c1cc(C)c(NC(=O)c2cc(Cn3nnc(C(F)(F)F)n3)nn2-c2ncccc2F)c(C(=O)NC(C)(C)C)c1. The van der Waals surface area contributed by atoms with E-state index >= 15 is 0 Å². The van der Waals surface area contributed by atoms with Crippen LogP contribution in [0.25, 0.3) is 10.7 Å². The predicted molar refractivity (Wildman–Crippen MR) is 136 cm³/mol. The van der Waals surface area contributed by atoms with E-state index in [-0.39, 0.29) is 34.1 Å². The van der Waals surface area contributed by atoms with Gasteiger partial charge < -0.3 is 10.6 Å². The Labute approximate surface area is 230 Å². The molecule has 212 valence electrons. The summed E-state index contributed by atoms with van der Waals surface area (Å²) in [6, 6.07) is 6.40. The number of benzene rings is 1. The van der Waals surface area contributed by atoms with Crippen LogP contribution in [-0.4, -0.2) is 52.3 Å². The summed E-state index contributed by atoms with van der Waals surface area (Å²) in [5.41, 5.74) is -0.240. The standard InChI is InChI=1S/C25H22F4N10O2/c1-13-9-14(30-5)10-16(21(40)33-24(2,3)4)19(13)32-22(41)18-11-15(12-38-36-23(34-37-38)25(27,28)29)35-39(18)20-17(26)7-6-8-31-20/h6-11H,12H2,1-4H3,(H,32,41)(H,33,40). The number of rotatable bonds is 6. The number of nitrogens with zero attached hydrogens (tertiary/aromatic N) is 8. The average molecular weight is 571 g/mol. The predicted octanol–water partition coefficient (Wildman–Crippen LogP) is 4.10. The molecular weight excluding hydrogens is 548 g/mol. The van der Waals surface area contributed by atoms with Crippen molar-refractivity contribution in [1.82, 2.24) is 40.3 Å². The Balaban J connectivity index is 1.76. The van der Waals surface area contributed by atoms with Crippen molar-refractivity contribution in [2.45, 2.75) is 46.0 Å². The fourth-order valence-electron chi connectivity index (χ4n) is 3.70. The van der Waals surface area contributed by atoms with Gasteiger partial charge in [0.2, 0.25) is 0 Å². The van der Waals surface area contributed by atoms with Crippen molar-refractivity contribution in [2.75, 3.05) is 5.32 Å². The molecular formula is C25H22F4N10O2. The summed E-state index contributed by atoms with van der Waals surface area (Å²) in [5, 5.41) is 19.2. The molecule has 0 aliphatic rings. The lowest BCUT2D eigenvalue weighted by molar-refractivity contribution is -0.145. The highest BCUT2D eigenvalue weighted by Gasteiger charge is 2.37. The van der Waals surface area contributed by atoms with E-state index in [1.807, 2.05) is 0 Å². The molecule has 4 aromatic rings. The molecule has 0 spiro atoms. The van der Waals surface area contributed by atoms with Crippen molar-refractivity contribution in [3.05, 3.63) is 82.1 Å². The summed E-state index contributed by atoms with van der Waals surface area (Å²) >= 11 is 0. The summed E-state index contributed by atoms with van der Waals surface area (Å²) in [4.78, 5) is 34.6. The Kier molecular flexibility index (Phi) is 7.55. The lowest BCUT2D eigenvalue weighted by atomic mass is 10.0. The van der Waals surface area contributed by atoms with Crippen molar-refractivity contribution in [3.8, 4) is 5.82 Å². The number of carbonyl (C=O) groups excluding carboxylic acids is 2. The van der Waals surface area contributed by atoms with Crippen molar-refractivity contribution >= 4 is 23.2 Å². The quantitative estimate of drug-likeness (QED) is 0.263. The minimum Gasteiger partial charge on any atom is -0.347 e. The number of pyridine rings is 1. The third-order valence-electron chi connectivity index (χ3n) is 5.36. The maximum Gasteiger partial charge on any atom is 0.455 e. The van der Waals surface area contributed by atoms with Crippen LogP contribution >= 0.6 is 0 Å². The Morgan fingerprint density at radius 3 is 2.44 bits per heavy atom. The summed E-state index contributed by atoms with van der Waals surface area (Å²) in [6.45, 7) is 13.8. The van der Waals surface area contributed by atoms with Crippen LogP contribution in [0.5, 0.6) is 0 Å². The number of aromatic nitrogens is 7. The molecule has 4 rings (SSSR count). The van der Waals surface area contributed by atoms with Gasteiger partial charge in [0.15, 0.2) is 17.3 Å². The third kappa shape index (κ3) is 6.52. The number of hydrogen-bond donors (Lipinski definition) is 2. The summed E-state index contributed by atoms with van der Waals surface area (Å²) in [5.74, 6) is -4.07. The topological polar surface area (TPSA) is 137 Å². The molecule has 0 saturated heterocycles. The minimum absolute atomic E-state index is 0.0149. The van der Waals surface area contributed by atoms with Gasteiger partial charge in [-0.25, -0.2) is 18.9 Å². The Hall–Kier alpha value is -5.20. The number of hydrogen-bond acceptors (Lipinski definition) is 7. The van der Waals surface area contributed by atoms with E-state index < -0.39 is 41.7 Å². The largest absolute Gasteiger partial charge is 0.455 e. The highest BCUT2D eigenvalue weighted by atomic mass is 19.4. The minimum atomic E-state index is -4.82. The molecule has 0 unspecified atom stereocenters. The van der Waals surface area contributed by atoms with Crippen LogP contribution < -0.4 is 10.6 Å². The molecule has 0 saturated carbocycles. The first-order valence-corrected chi connectivity index (χ1v) is 11.9. The number of aryl methyl sites for hydroxylation is 1. The highest BCUT2D eigenvalue weighted by Crippen LogP contribution is 2.29. The molecule has 0 bridgehead atoms. The molecule has 0 radical (unpaired) electrons. The second kappa shape index (κ2) is 10.8. The maximum absolute atomic E-state index is 14.7. The average Bonchev–Trinajstić information content (AvgIpc) is 3.52. The molecule has 0 aliphatic heterocycles. The molecule has 2 N–H and O–H groups in total. The zero-order chi connectivity index (χ0) is 30.1. The Morgan fingerprint density at radius 1 is 1.10 bits per heavy atom. The number of carbonyl (C=O) groups is 2. The first-order chi connectivity index (χ1) is 19.2. The van der Waals surface area contributed by atoms with E-state index in [2.05, 4.69) is 41.0 Å². The number of alkyl halides is 3. The summed E-state index contributed by atoms with van der Waals surface area (Å²) in [7, 11) is 0. The van der Waals surface area contributed by atoms with E-state index in [0.29, 0.717) is 10.4 Å². The van der Waals surface area contributed by atoms with Crippen molar-refractivity contribution in [2.24, 2.45) is 0 Å². The zero-order valence-electron chi connectivity index (χ0n) is 22.1. The molecule has 0 fully saturated rings. The number of amides is 2.